The number of aliphatic hydroxyl groups excluding tert-OH is 3. The molecule has 0 bridgehead atoms. The number of ether oxygens (including phenoxy) is 4. The summed E-state index contributed by atoms with van der Waals surface area (Å²) in [5.74, 6) is -2.73. The molecule has 3 aliphatic rings. The lowest BCUT2D eigenvalue weighted by atomic mass is 9.99. The van der Waals surface area contributed by atoms with E-state index in [4.69, 9.17) is 23.4 Å². The van der Waals surface area contributed by atoms with Crippen LogP contribution < -0.4 is 14.9 Å². The number of hydrogen-bond donors (Lipinski definition) is 7. The summed E-state index contributed by atoms with van der Waals surface area (Å²) < 4.78 is 27.8. The second-order valence-electron chi connectivity index (χ2n) is 10.0. The molecular weight excluding hydrogens is 596 g/mol. The van der Waals surface area contributed by atoms with Crippen LogP contribution in [-0.2, 0) is 9.47 Å². The summed E-state index contributed by atoms with van der Waals surface area (Å²) in [6.45, 7) is -0.498. The van der Waals surface area contributed by atoms with Crippen LogP contribution in [0.4, 0.5) is 0 Å². The molecule has 0 saturated carbocycles. The van der Waals surface area contributed by atoms with Gasteiger partial charge in [-0.25, -0.2) is 0 Å². The van der Waals surface area contributed by atoms with Crippen LogP contribution >= 0.6 is 0 Å². The first-order chi connectivity index (χ1) is 21.4. The number of rotatable bonds is 8. The van der Waals surface area contributed by atoms with Gasteiger partial charge in [-0.3, -0.25) is 4.79 Å². The van der Waals surface area contributed by atoms with Crippen LogP contribution in [0.5, 0.6) is 34.5 Å². The molecule has 5 atom stereocenters. The second kappa shape index (κ2) is 12.8. The molecule has 1 aliphatic carbocycles. The van der Waals surface area contributed by atoms with Gasteiger partial charge in [0.2, 0.25) is 18.6 Å². The SMILES string of the molecule is COc1cc(-c2oc3cc(=O)cc(O)c-3cc2OC2OC(COC(=[OH+])C=Cc3ccc(O)cc3)C(O)C(O)C2O)cc(O)c1O. The minimum atomic E-state index is -1.83. The Morgan fingerprint density at radius 3 is 2.36 bits per heavy atom. The van der Waals surface area contributed by atoms with Gasteiger partial charge in [0.25, 0.3) is 0 Å². The number of phenolic OH excluding ortho intramolecular Hbond substituents is 4. The highest BCUT2D eigenvalue weighted by atomic mass is 16.7. The highest BCUT2D eigenvalue weighted by Crippen LogP contribution is 2.45. The van der Waals surface area contributed by atoms with Gasteiger partial charge >= 0.3 is 5.97 Å². The zero-order valence-electron chi connectivity index (χ0n) is 23.5. The number of aliphatic hydroxyl groups is 3. The Labute approximate surface area is 254 Å². The van der Waals surface area contributed by atoms with Gasteiger partial charge in [0, 0.05) is 17.7 Å². The molecule has 5 rings (SSSR count). The summed E-state index contributed by atoms with van der Waals surface area (Å²) in [6.07, 6.45) is -5.63. The van der Waals surface area contributed by atoms with Crippen LogP contribution in [0.3, 0.4) is 0 Å². The van der Waals surface area contributed by atoms with Gasteiger partial charge in [0.1, 0.15) is 35.6 Å². The molecule has 14 nitrogen and oxygen atoms in total. The van der Waals surface area contributed by atoms with E-state index in [1.807, 2.05) is 0 Å². The van der Waals surface area contributed by atoms with Crippen LogP contribution in [-0.4, -0.2) is 90.9 Å². The normalized spacial score (nSPS) is 21.6. The average molecular weight is 626 g/mol. The number of methoxy groups -OCH3 is 1. The maximum absolute atomic E-state index is 12.0. The molecule has 5 unspecified atom stereocenters. The highest BCUT2D eigenvalue weighted by molar-refractivity contribution is 5.88. The van der Waals surface area contributed by atoms with E-state index in [0.29, 0.717) is 5.56 Å². The van der Waals surface area contributed by atoms with E-state index in [0.717, 1.165) is 18.2 Å². The predicted molar refractivity (Wildman–Crippen MR) is 156 cm³/mol. The minimum Gasteiger partial charge on any atom is -0.508 e. The third kappa shape index (κ3) is 6.63. The Hall–Kier alpha value is -5.28. The second-order valence-corrected chi connectivity index (χ2v) is 10.0. The molecule has 2 aliphatic heterocycles. The summed E-state index contributed by atoms with van der Waals surface area (Å²) >= 11 is 0. The first-order valence-electron chi connectivity index (χ1n) is 13.4. The lowest BCUT2D eigenvalue weighted by Gasteiger charge is -2.39. The number of fused-ring (bicyclic) bond motifs is 1. The van der Waals surface area contributed by atoms with Crippen LogP contribution in [0.15, 0.2) is 69.9 Å². The van der Waals surface area contributed by atoms with E-state index in [9.17, 15) is 45.3 Å². The molecule has 0 aromatic heterocycles. The van der Waals surface area contributed by atoms with Gasteiger partial charge in [0.05, 0.1) is 18.7 Å². The third-order valence-electron chi connectivity index (χ3n) is 6.96. The molecule has 0 spiro atoms. The summed E-state index contributed by atoms with van der Waals surface area (Å²) in [6, 6.07) is 11.8. The number of carbonyl (C=O) groups excluding carboxylic acids is 1. The lowest BCUT2D eigenvalue weighted by Crippen LogP contribution is -2.60. The molecule has 0 amide bonds. The fraction of sp³-hybridized carbons (Fsp3) is 0.226. The first kappa shape index (κ1) is 31.2. The summed E-state index contributed by atoms with van der Waals surface area (Å²) in [4.78, 5) is 22.2. The van der Waals surface area contributed by atoms with E-state index in [2.05, 4.69) is 0 Å². The van der Waals surface area contributed by atoms with Crippen molar-refractivity contribution in [2.45, 2.75) is 30.7 Å². The molecule has 0 radical (unpaired) electrons. The summed E-state index contributed by atoms with van der Waals surface area (Å²) in [5, 5.41) is 72.0. The predicted octanol–water partition coefficient (Wildman–Crippen LogP) is 1.66. The maximum Gasteiger partial charge on any atom is 0.510 e. The smallest absolute Gasteiger partial charge is 0.508 e. The number of esters is 1. The van der Waals surface area contributed by atoms with Crippen molar-refractivity contribution < 1.29 is 63.9 Å². The van der Waals surface area contributed by atoms with Crippen molar-refractivity contribution in [3.63, 3.8) is 0 Å². The molecule has 1 saturated heterocycles. The van der Waals surface area contributed by atoms with E-state index in [1.54, 1.807) is 12.1 Å². The van der Waals surface area contributed by atoms with Crippen molar-refractivity contribution >= 4 is 12.0 Å². The fourth-order valence-electron chi connectivity index (χ4n) is 4.59. The fourth-order valence-corrected chi connectivity index (χ4v) is 4.59. The van der Waals surface area contributed by atoms with Gasteiger partial charge in [-0.15, -0.1) is 0 Å². The Morgan fingerprint density at radius 2 is 1.64 bits per heavy atom. The van der Waals surface area contributed by atoms with Crippen molar-refractivity contribution in [1.29, 1.82) is 0 Å². The van der Waals surface area contributed by atoms with E-state index < -0.39 is 66.0 Å². The molecule has 1 fully saturated rings. The molecule has 8 N–H and O–H groups in total. The number of hydrogen-bond acceptors (Lipinski definition) is 13. The van der Waals surface area contributed by atoms with Gasteiger partial charge in [-0.05, 0) is 42.0 Å². The lowest BCUT2D eigenvalue weighted by molar-refractivity contribution is -0.276. The van der Waals surface area contributed by atoms with Crippen molar-refractivity contribution in [2.75, 3.05) is 13.7 Å². The van der Waals surface area contributed by atoms with Gasteiger partial charge in [0.15, 0.2) is 34.5 Å². The molecule has 236 valence electrons. The molecule has 45 heavy (non-hydrogen) atoms. The Morgan fingerprint density at radius 1 is 0.911 bits per heavy atom. The van der Waals surface area contributed by atoms with Crippen molar-refractivity contribution in [3.8, 4) is 57.1 Å². The standard InChI is InChI=1S/C31H28O14/c1-41-22-9-15(8-20(35)26(22)37)30-23(12-18-19(34)10-17(33)11-21(18)43-30)44-31-29(40)28(39)27(38)24(45-31)13-42-25(36)7-4-14-2-5-16(32)6-3-14/h2-12,24,27-29,31-32,34-35,37-40H,13H2,1H3/p+1. The third-order valence-corrected chi connectivity index (χ3v) is 6.96. The zero-order valence-corrected chi connectivity index (χ0v) is 23.5. The molecule has 2 aromatic rings. The number of phenols is 4. The van der Waals surface area contributed by atoms with Crippen molar-refractivity contribution in [2.24, 2.45) is 0 Å². The van der Waals surface area contributed by atoms with E-state index >= 15 is 0 Å². The van der Waals surface area contributed by atoms with Crippen molar-refractivity contribution in [1.82, 2.24) is 0 Å². The van der Waals surface area contributed by atoms with Crippen molar-refractivity contribution in [3.05, 3.63) is 76.5 Å². The molecule has 14 heteroatoms. The topological polar surface area (TPSA) is 230 Å². The average Bonchev–Trinajstić information content (AvgIpc) is 3.01. The van der Waals surface area contributed by atoms with E-state index in [-0.39, 0.29) is 39.9 Å². The highest BCUT2D eigenvalue weighted by Gasteiger charge is 2.47. The largest absolute Gasteiger partial charge is 0.510 e. The van der Waals surface area contributed by atoms with Gasteiger partial charge in [-0.2, -0.15) is 0 Å². The molecule has 2 heterocycles. The minimum absolute atomic E-state index is 0.0222. The number of benzene rings is 3. The molecular formula is C31H29O14+. The Bertz CT molecular complexity index is 1740. The maximum atomic E-state index is 12.0. The first-order valence-corrected chi connectivity index (χ1v) is 13.4. The van der Waals surface area contributed by atoms with Crippen LogP contribution in [0.1, 0.15) is 5.56 Å². The summed E-state index contributed by atoms with van der Waals surface area (Å²) in [5.41, 5.74) is 0.158. The number of aromatic hydroxyl groups is 4. The Balaban J connectivity index is 1.43. The molecule has 2 aromatic carbocycles. The zero-order chi connectivity index (χ0) is 32.4. The van der Waals surface area contributed by atoms with Crippen LogP contribution in [0.2, 0.25) is 0 Å². The van der Waals surface area contributed by atoms with Crippen LogP contribution in [0, 0.1) is 0 Å². The summed E-state index contributed by atoms with van der Waals surface area (Å²) in [7, 11) is 1.24. The quantitative estimate of drug-likeness (QED) is 0.0640. The Kier molecular flexibility index (Phi) is 8.83. The van der Waals surface area contributed by atoms with E-state index in [1.165, 1.54) is 43.5 Å². The van der Waals surface area contributed by atoms with Gasteiger partial charge < -0.3 is 63.9 Å². The van der Waals surface area contributed by atoms with Gasteiger partial charge in [-0.1, -0.05) is 12.1 Å². The van der Waals surface area contributed by atoms with Crippen LogP contribution in [0.25, 0.3) is 28.7 Å². The monoisotopic (exact) mass is 625 g/mol.